The van der Waals surface area contributed by atoms with Crippen LogP contribution in [0.15, 0.2) is 30.3 Å². The van der Waals surface area contributed by atoms with Crippen molar-refractivity contribution in [1.29, 1.82) is 0 Å². The van der Waals surface area contributed by atoms with Gasteiger partial charge in [0.05, 0.1) is 7.11 Å². The minimum Gasteiger partial charge on any atom is -0.480 e. The first-order valence-corrected chi connectivity index (χ1v) is 5.24. The summed E-state index contributed by atoms with van der Waals surface area (Å²) in [5.41, 5.74) is 1.03. The number of benzene rings is 1. The standard InChI is InChI=1S/C12H15NO4/c1-17-12(16)13-10(11(14)15)8-7-9-5-3-2-4-6-9/h2-6,10H,7-8H2,1H3,(H,13,16)(H,14,15)/t10-/m1/s1. The van der Waals surface area contributed by atoms with Gasteiger partial charge in [-0.05, 0) is 18.4 Å². The number of rotatable bonds is 5. The minimum atomic E-state index is -1.06. The van der Waals surface area contributed by atoms with Gasteiger partial charge in [-0.25, -0.2) is 9.59 Å². The van der Waals surface area contributed by atoms with Crippen LogP contribution in [0.1, 0.15) is 12.0 Å². The average molecular weight is 237 g/mol. The molecular formula is C12H15NO4. The first kappa shape index (κ1) is 13.0. The van der Waals surface area contributed by atoms with Gasteiger partial charge in [0.1, 0.15) is 6.04 Å². The predicted molar refractivity (Wildman–Crippen MR) is 61.7 cm³/mol. The fourth-order valence-electron chi connectivity index (χ4n) is 1.41. The Morgan fingerprint density at radius 3 is 2.53 bits per heavy atom. The molecule has 0 fully saturated rings. The lowest BCUT2D eigenvalue weighted by atomic mass is 10.1. The quantitative estimate of drug-likeness (QED) is 0.812. The van der Waals surface area contributed by atoms with E-state index in [0.717, 1.165) is 5.56 Å². The number of alkyl carbamates (subject to hydrolysis) is 1. The van der Waals surface area contributed by atoms with Crippen molar-refractivity contribution in [2.75, 3.05) is 7.11 Å². The molecule has 1 aromatic carbocycles. The third-order valence-corrected chi connectivity index (χ3v) is 2.34. The van der Waals surface area contributed by atoms with E-state index in [1.54, 1.807) is 0 Å². The van der Waals surface area contributed by atoms with E-state index in [0.29, 0.717) is 12.8 Å². The van der Waals surface area contributed by atoms with Gasteiger partial charge >= 0.3 is 12.1 Å². The molecule has 0 radical (unpaired) electrons. The zero-order chi connectivity index (χ0) is 12.7. The number of carbonyl (C=O) groups is 2. The van der Waals surface area contributed by atoms with Crippen molar-refractivity contribution in [3.63, 3.8) is 0 Å². The number of hydrogen-bond donors (Lipinski definition) is 2. The molecule has 1 aromatic rings. The van der Waals surface area contributed by atoms with Gasteiger partial charge in [-0.1, -0.05) is 30.3 Å². The van der Waals surface area contributed by atoms with Crippen LogP contribution in [-0.4, -0.2) is 30.3 Å². The number of amides is 1. The maximum Gasteiger partial charge on any atom is 0.407 e. The topological polar surface area (TPSA) is 75.6 Å². The molecule has 0 aliphatic heterocycles. The van der Waals surface area contributed by atoms with E-state index in [4.69, 9.17) is 5.11 Å². The monoisotopic (exact) mass is 237 g/mol. The average Bonchev–Trinajstić information content (AvgIpc) is 2.35. The van der Waals surface area contributed by atoms with Crippen molar-refractivity contribution >= 4 is 12.1 Å². The van der Waals surface area contributed by atoms with Crippen molar-refractivity contribution < 1.29 is 19.4 Å². The van der Waals surface area contributed by atoms with Crippen molar-refractivity contribution in [3.8, 4) is 0 Å². The van der Waals surface area contributed by atoms with E-state index in [1.807, 2.05) is 30.3 Å². The summed E-state index contributed by atoms with van der Waals surface area (Å²) in [5, 5.41) is 11.2. The molecule has 1 amide bonds. The smallest absolute Gasteiger partial charge is 0.407 e. The van der Waals surface area contributed by atoms with E-state index in [9.17, 15) is 9.59 Å². The fourth-order valence-corrected chi connectivity index (χ4v) is 1.41. The summed E-state index contributed by atoms with van der Waals surface area (Å²) < 4.78 is 4.37. The van der Waals surface area contributed by atoms with Crippen LogP contribution in [0.2, 0.25) is 0 Å². The summed E-state index contributed by atoms with van der Waals surface area (Å²) in [4.78, 5) is 21.8. The SMILES string of the molecule is COC(=O)N[C@H](CCc1ccccc1)C(=O)O. The zero-order valence-corrected chi connectivity index (χ0v) is 9.55. The van der Waals surface area contributed by atoms with Crippen LogP contribution in [0, 0.1) is 0 Å². The highest BCUT2D eigenvalue weighted by atomic mass is 16.5. The molecule has 0 heterocycles. The number of nitrogens with one attached hydrogen (secondary N) is 1. The number of carboxylic acid groups (broad SMARTS) is 1. The first-order valence-electron chi connectivity index (χ1n) is 5.24. The molecule has 0 saturated carbocycles. The lowest BCUT2D eigenvalue weighted by Crippen LogP contribution is -2.41. The van der Waals surface area contributed by atoms with Gasteiger partial charge in [0.15, 0.2) is 0 Å². The summed E-state index contributed by atoms with van der Waals surface area (Å²) in [6.45, 7) is 0. The second kappa shape index (κ2) is 6.52. The van der Waals surface area contributed by atoms with Crippen LogP contribution in [0.3, 0.4) is 0 Å². The number of carbonyl (C=O) groups excluding carboxylic acids is 1. The highest BCUT2D eigenvalue weighted by molar-refractivity contribution is 5.79. The summed E-state index contributed by atoms with van der Waals surface area (Å²) in [6.07, 6.45) is 0.182. The molecule has 0 spiro atoms. The van der Waals surface area contributed by atoms with Gasteiger partial charge in [-0.2, -0.15) is 0 Å². The largest absolute Gasteiger partial charge is 0.480 e. The Labute approximate surface area is 99.4 Å². The van der Waals surface area contributed by atoms with Crippen LogP contribution < -0.4 is 5.32 Å². The van der Waals surface area contributed by atoms with E-state index in [-0.39, 0.29) is 0 Å². The molecule has 1 atom stereocenters. The summed E-state index contributed by atoms with van der Waals surface area (Å²) in [7, 11) is 1.20. The molecule has 5 nitrogen and oxygen atoms in total. The van der Waals surface area contributed by atoms with Crippen molar-refractivity contribution in [3.05, 3.63) is 35.9 Å². The molecule has 0 aliphatic rings. The molecule has 17 heavy (non-hydrogen) atoms. The van der Waals surface area contributed by atoms with Gasteiger partial charge in [0.25, 0.3) is 0 Å². The second-order valence-corrected chi connectivity index (χ2v) is 3.55. The number of hydrogen-bond acceptors (Lipinski definition) is 3. The molecule has 0 unspecified atom stereocenters. The van der Waals surface area contributed by atoms with E-state index >= 15 is 0 Å². The molecule has 2 N–H and O–H groups in total. The molecule has 0 bridgehead atoms. The highest BCUT2D eigenvalue weighted by Crippen LogP contribution is 2.05. The van der Waals surface area contributed by atoms with E-state index in [2.05, 4.69) is 10.1 Å². The van der Waals surface area contributed by atoms with Crippen molar-refractivity contribution in [2.24, 2.45) is 0 Å². The van der Waals surface area contributed by atoms with Crippen molar-refractivity contribution in [1.82, 2.24) is 5.32 Å². The zero-order valence-electron chi connectivity index (χ0n) is 9.55. The molecule has 92 valence electrons. The van der Waals surface area contributed by atoms with Gasteiger partial charge in [-0.3, -0.25) is 0 Å². The Hall–Kier alpha value is -2.04. The van der Waals surface area contributed by atoms with Crippen LogP contribution in [0.5, 0.6) is 0 Å². The normalized spacial score (nSPS) is 11.6. The maximum atomic E-state index is 10.9. The van der Waals surface area contributed by atoms with Crippen LogP contribution in [0.4, 0.5) is 4.79 Å². The Kier molecular flexibility index (Phi) is 5.00. The molecule has 1 rings (SSSR count). The molecule has 0 aliphatic carbocycles. The second-order valence-electron chi connectivity index (χ2n) is 3.55. The van der Waals surface area contributed by atoms with Crippen LogP contribution in [-0.2, 0) is 16.0 Å². The van der Waals surface area contributed by atoms with E-state index in [1.165, 1.54) is 7.11 Å². The van der Waals surface area contributed by atoms with E-state index < -0.39 is 18.1 Å². The summed E-state index contributed by atoms with van der Waals surface area (Å²) >= 11 is 0. The maximum absolute atomic E-state index is 10.9. The lowest BCUT2D eigenvalue weighted by Gasteiger charge is -2.13. The molecular weight excluding hydrogens is 222 g/mol. The van der Waals surface area contributed by atoms with Gasteiger partial charge < -0.3 is 15.2 Å². The Bertz CT molecular complexity index is 377. The van der Waals surface area contributed by atoms with Gasteiger partial charge in [0.2, 0.25) is 0 Å². The first-order chi connectivity index (χ1) is 8.13. The summed E-state index contributed by atoms with van der Waals surface area (Å²) in [6, 6.07) is 8.57. The molecule has 0 aromatic heterocycles. The number of aryl methyl sites for hydroxylation is 1. The highest BCUT2D eigenvalue weighted by Gasteiger charge is 2.19. The fraction of sp³-hybridized carbons (Fsp3) is 0.333. The number of methoxy groups -OCH3 is 1. The van der Waals surface area contributed by atoms with Gasteiger partial charge in [0, 0.05) is 0 Å². The minimum absolute atomic E-state index is 0.328. The molecule has 5 heteroatoms. The summed E-state index contributed by atoms with van der Waals surface area (Å²) in [5.74, 6) is -1.06. The number of aliphatic carboxylic acids is 1. The third kappa shape index (κ3) is 4.55. The molecule has 0 saturated heterocycles. The van der Waals surface area contributed by atoms with Crippen molar-refractivity contribution in [2.45, 2.75) is 18.9 Å². The Morgan fingerprint density at radius 2 is 2.00 bits per heavy atom. The number of carboxylic acids is 1. The van der Waals surface area contributed by atoms with Crippen LogP contribution in [0.25, 0.3) is 0 Å². The Morgan fingerprint density at radius 1 is 1.35 bits per heavy atom. The lowest BCUT2D eigenvalue weighted by molar-refractivity contribution is -0.139. The third-order valence-electron chi connectivity index (χ3n) is 2.34. The predicted octanol–water partition coefficient (Wildman–Crippen LogP) is 1.43. The Balaban J connectivity index is 2.50. The van der Waals surface area contributed by atoms with Gasteiger partial charge in [-0.15, -0.1) is 0 Å². The van der Waals surface area contributed by atoms with Crippen LogP contribution >= 0.6 is 0 Å². The number of ether oxygens (including phenoxy) is 1.